The van der Waals surface area contributed by atoms with Gasteiger partial charge >= 0.3 is 59.1 Å². The van der Waals surface area contributed by atoms with Crippen LogP contribution in [0.5, 0.6) is 0 Å². The van der Waals surface area contributed by atoms with Crippen molar-refractivity contribution in [3.05, 3.63) is 47.5 Å². The summed E-state index contributed by atoms with van der Waals surface area (Å²) in [5.74, 6) is -0.494. The molecule has 0 atom stereocenters. The van der Waals surface area contributed by atoms with Gasteiger partial charge < -0.3 is 14.4 Å². The fourth-order valence-corrected chi connectivity index (χ4v) is 4.67. The first kappa shape index (κ1) is 34.2. The summed E-state index contributed by atoms with van der Waals surface area (Å²) < 4.78 is 96.4. The first-order valence-corrected chi connectivity index (χ1v) is 13.5. The molecule has 0 unspecified atom stereocenters. The van der Waals surface area contributed by atoms with Crippen LogP contribution in [0.1, 0.15) is 31.9 Å². The molecular weight excluding hydrogens is 542 g/mol. The van der Waals surface area contributed by atoms with E-state index in [0.29, 0.717) is 0 Å². The van der Waals surface area contributed by atoms with Crippen molar-refractivity contribution in [2.75, 3.05) is 10.0 Å². The minimum absolute atomic E-state index is 0. The number of nitrogens with one attached hydrogen (secondary N) is 2. The van der Waals surface area contributed by atoms with Gasteiger partial charge in [-0.25, -0.2) is 25.3 Å². The van der Waals surface area contributed by atoms with Gasteiger partial charge in [0.1, 0.15) is 20.2 Å². The predicted octanol–water partition coefficient (Wildman–Crippen LogP) is -4.22. The Hall–Kier alpha value is -0.780. The molecule has 16 heteroatoms. The van der Waals surface area contributed by atoms with Crippen LogP contribution >= 0.6 is 0 Å². The molecule has 0 aliphatic heterocycles. The van der Waals surface area contributed by atoms with E-state index in [-0.39, 0.29) is 81.6 Å². The summed E-state index contributed by atoms with van der Waals surface area (Å²) in [6.45, 7) is 4.00. The van der Waals surface area contributed by atoms with Gasteiger partial charge in [-0.1, -0.05) is 24.3 Å². The third-order valence-corrected chi connectivity index (χ3v) is 7.76. The van der Waals surface area contributed by atoms with E-state index in [0.717, 1.165) is 30.4 Å². The summed E-state index contributed by atoms with van der Waals surface area (Å²) in [4.78, 5) is 9.73. The van der Waals surface area contributed by atoms with E-state index in [1.807, 2.05) is 0 Å². The van der Waals surface area contributed by atoms with Crippen molar-refractivity contribution < 1.29 is 98.3 Å². The molecule has 2 aromatic carbocycles. The fraction of sp³-hybridized carbons (Fsp3) is 0.211. The molecule has 0 heterocycles. The van der Waals surface area contributed by atoms with Crippen LogP contribution in [0.15, 0.2) is 46.2 Å². The number of carbonyl (C=O) groups is 1. The minimum atomic E-state index is -5.06. The number of sulfonamides is 1. The molecule has 0 aliphatic carbocycles. The summed E-state index contributed by atoms with van der Waals surface area (Å²) in [5, 5.41) is 1.51. The summed E-state index contributed by atoms with van der Waals surface area (Å²) in [7, 11) is -13.9. The summed E-state index contributed by atoms with van der Waals surface area (Å²) in [6.07, 6.45) is 2.19. The third kappa shape index (κ3) is 9.89. The van der Waals surface area contributed by atoms with Crippen molar-refractivity contribution in [1.82, 2.24) is 0 Å². The van der Waals surface area contributed by atoms with Gasteiger partial charge in [0.25, 0.3) is 0 Å². The summed E-state index contributed by atoms with van der Waals surface area (Å²) in [6, 6.07) is 6.69. The van der Waals surface area contributed by atoms with Crippen LogP contribution in [0.4, 0.5) is 11.4 Å². The maximum atomic E-state index is 12.0. The van der Waals surface area contributed by atoms with Crippen molar-refractivity contribution in [3.8, 4) is 0 Å². The van der Waals surface area contributed by atoms with Crippen LogP contribution in [-0.4, -0.2) is 45.5 Å². The van der Waals surface area contributed by atoms with Gasteiger partial charge in [-0.15, -0.1) is 0 Å². The fourth-order valence-electron chi connectivity index (χ4n) is 2.58. The van der Waals surface area contributed by atoms with Crippen molar-refractivity contribution in [2.45, 2.75) is 35.8 Å². The van der Waals surface area contributed by atoms with E-state index in [4.69, 9.17) is 0 Å². The smallest absolute Gasteiger partial charge is 0.744 e. The zero-order valence-corrected chi connectivity index (χ0v) is 26.0. The average molecular weight is 563 g/mol. The second-order valence-corrected chi connectivity index (χ2v) is 12.1. The first-order chi connectivity index (χ1) is 15.0. The molecular formula is C19H20N2Na2O9S3. The van der Waals surface area contributed by atoms with Gasteiger partial charge in [0, 0.05) is 18.3 Å². The number of benzene rings is 2. The van der Waals surface area contributed by atoms with E-state index in [2.05, 4.69) is 10.0 Å². The van der Waals surface area contributed by atoms with Gasteiger partial charge in [-0.2, -0.15) is 0 Å². The molecule has 0 fully saturated rings. The Morgan fingerprint density at radius 1 is 0.800 bits per heavy atom. The largest absolute Gasteiger partial charge is 1.00 e. The Labute approximate surface area is 248 Å². The van der Waals surface area contributed by atoms with E-state index in [1.54, 1.807) is 0 Å². The molecule has 0 aromatic heterocycles. The topological polar surface area (TPSA) is 190 Å². The van der Waals surface area contributed by atoms with Gasteiger partial charge in [-0.3, -0.25) is 9.52 Å². The average Bonchev–Trinajstić information content (AvgIpc) is 2.65. The number of rotatable bonds is 8. The number of carbonyl (C=O) groups excluding carboxylic acids is 1. The number of hydrogen-bond acceptors (Lipinski definition) is 9. The Balaban J connectivity index is 0.00000578. The van der Waals surface area contributed by atoms with Gasteiger partial charge in [0.05, 0.1) is 15.0 Å². The van der Waals surface area contributed by atoms with Gasteiger partial charge in [0.15, 0.2) is 0 Å². The Kier molecular flexibility index (Phi) is 12.9. The minimum Gasteiger partial charge on any atom is -0.744 e. The number of anilines is 2. The molecule has 0 spiro atoms. The molecule has 11 nitrogen and oxygen atoms in total. The molecule has 2 aromatic rings. The number of hydrogen-bond donors (Lipinski definition) is 2. The quantitative estimate of drug-likeness (QED) is 0.182. The van der Waals surface area contributed by atoms with E-state index >= 15 is 0 Å². The molecule has 2 rings (SSSR count). The Bertz CT molecular complexity index is 1440. The van der Waals surface area contributed by atoms with Crippen LogP contribution in [0.2, 0.25) is 0 Å². The molecule has 0 aliphatic rings. The van der Waals surface area contributed by atoms with Crippen LogP contribution < -0.4 is 69.2 Å². The zero-order chi connectivity index (χ0) is 25.2. The third-order valence-electron chi connectivity index (χ3n) is 4.21. The van der Waals surface area contributed by atoms with Crippen molar-refractivity contribution in [1.29, 1.82) is 0 Å². The SMILES string of the molecule is CC(=O)Nc1ccc(C=Cc2ccc(NS(=O)(=O)C(C)C)cc2S(=O)(=O)[O-])c(S(=O)(=O)[O-])c1.[Na+].[Na+]. The maximum absolute atomic E-state index is 12.0. The normalized spacial score (nSPS) is 12.1. The second-order valence-electron chi connectivity index (χ2n) is 7.12. The van der Waals surface area contributed by atoms with Crippen molar-refractivity contribution in [2.24, 2.45) is 0 Å². The molecule has 1 amide bonds. The van der Waals surface area contributed by atoms with Crippen LogP contribution in [0, 0.1) is 0 Å². The molecule has 180 valence electrons. The molecule has 2 N–H and O–H groups in total. The standard InChI is InChI=1S/C19H22N2O9S3.2Na/c1-12(2)31(23,24)21-17-9-7-15(19(11-17)33(28,29)30)5-4-14-6-8-16(20-13(3)22)10-18(14)32(25,26)27;;/h4-12,21H,1-3H3,(H,20,22)(H,25,26,27)(H,28,29,30);;/q;2*+1/p-2. The molecule has 35 heavy (non-hydrogen) atoms. The molecule has 0 saturated carbocycles. The number of amides is 1. The Morgan fingerprint density at radius 3 is 1.57 bits per heavy atom. The van der Waals surface area contributed by atoms with E-state index in [9.17, 15) is 39.2 Å². The monoisotopic (exact) mass is 562 g/mol. The maximum Gasteiger partial charge on any atom is 1.00 e. The molecule has 0 saturated heterocycles. The van der Waals surface area contributed by atoms with Crippen LogP contribution in [-0.2, 0) is 35.1 Å². The predicted molar refractivity (Wildman–Crippen MR) is 120 cm³/mol. The second kappa shape index (κ2) is 13.1. The van der Waals surface area contributed by atoms with Crippen LogP contribution in [0.25, 0.3) is 12.2 Å². The van der Waals surface area contributed by atoms with Crippen LogP contribution in [0.3, 0.4) is 0 Å². The summed E-state index contributed by atoms with van der Waals surface area (Å²) in [5.41, 5.74) is -0.396. The molecule has 0 radical (unpaired) electrons. The summed E-state index contributed by atoms with van der Waals surface area (Å²) >= 11 is 0. The van der Waals surface area contributed by atoms with Gasteiger partial charge in [0.2, 0.25) is 15.9 Å². The zero-order valence-electron chi connectivity index (χ0n) is 19.6. The first-order valence-electron chi connectivity index (χ1n) is 9.18. The van der Waals surface area contributed by atoms with Crippen molar-refractivity contribution >= 4 is 59.7 Å². The van der Waals surface area contributed by atoms with E-state index in [1.165, 1.54) is 39.0 Å². The van der Waals surface area contributed by atoms with Crippen molar-refractivity contribution in [3.63, 3.8) is 0 Å². The van der Waals surface area contributed by atoms with E-state index < -0.39 is 51.2 Å². The van der Waals surface area contributed by atoms with Gasteiger partial charge in [-0.05, 0) is 49.2 Å². The Morgan fingerprint density at radius 2 is 1.20 bits per heavy atom. The molecule has 0 bridgehead atoms.